The number of benzene rings is 1. The Hall–Kier alpha value is -0.780. The summed E-state index contributed by atoms with van der Waals surface area (Å²) < 4.78 is 12.3. The Bertz CT molecular complexity index is 473. The van der Waals surface area contributed by atoms with E-state index in [1.807, 2.05) is 0 Å². The molecule has 24 heavy (non-hydrogen) atoms. The maximum absolute atomic E-state index is 11.7. The molecule has 1 aromatic rings. The summed E-state index contributed by atoms with van der Waals surface area (Å²) in [5.74, 6) is 0. The van der Waals surface area contributed by atoms with Gasteiger partial charge in [0.25, 0.3) is 0 Å². The van der Waals surface area contributed by atoms with E-state index < -0.39 is 12.2 Å². The molecule has 0 saturated heterocycles. The van der Waals surface area contributed by atoms with E-state index in [2.05, 4.69) is 55.8 Å². The quantitative estimate of drug-likeness (QED) is 0.234. The van der Waals surface area contributed by atoms with Crippen LogP contribution in [0.5, 0.6) is 0 Å². The number of nitrogens with one attached hydrogen (secondary N) is 2. The van der Waals surface area contributed by atoms with Crippen molar-refractivity contribution in [3.63, 3.8) is 0 Å². The van der Waals surface area contributed by atoms with Gasteiger partial charge in [0.15, 0.2) is 0 Å². The Balaban J connectivity index is 2.37. The largest absolute Gasteiger partial charge is 0.449 e. The summed E-state index contributed by atoms with van der Waals surface area (Å²) in [5, 5.41) is 5.27. The van der Waals surface area contributed by atoms with Crippen molar-refractivity contribution in [1.82, 2.24) is 0 Å². The molecule has 8 heteroatoms. The van der Waals surface area contributed by atoms with Crippen molar-refractivity contribution in [2.45, 2.75) is 25.7 Å². The van der Waals surface area contributed by atoms with Crippen LogP contribution in [0.2, 0.25) is 0 Å². The van der Waals surface area contributed by atoms with E-state index in [1.165, 1.54) is 0 Å². The maximum Gasteiger partial charge on any atom is 0.411 e. The molecule has 0 spiro atoms. The topological polar surface area (TPSA) is 76.7 Å². The molecule has 2 amide bonds. The molecule has 0 aliphatic rings. The van der Waals surface area contributed by atoms with Crippen molar-refractivity contribution >= 4 is 68.7 Å². The van der Waals surface area contributed by atoms with E-state index in [0.29, 0.717) is 24.6 Å². The van der Waals surface area contributed by atoms with Gasteiger partial charge in [-0.3, -0.25) is 10.6 Å². The fraction of sp³-hybridized carbons (Fsp3) is 0.500. The zero-order valence-corrected chi connectivity index (χ0v) is 17.7. The fourth-order valence-electron chi connectivity index (χ4n) is 1.71. The second-order valence-electron chi connectivity index (χ2n) is 4.89. The highest BCUT2D eigenvalue weighted by Crippen LogP contribution is 2.15. The number of rotatable bonds is 10. The van der Waals surface area contributed by atoms with E-state index >= 15 is 0 Å². The van der Waals surface area contributed by atoms with Crippen LogP contribution in [0.25, 0.3) is 0 Å². The highest BCUT2D eigenvalue weighted by molar-refractivity contribution is 14.1. The highest BCUT2D eigenvalue weighted by atomic mass is 127. The predicted octanol–water partition coefficient (Wildman–Crippen LogP) is 5.21. The second kappa shape index (κ2) is 13.5. The molecule has 0 saturated carbocycles. The predicted molar refractivity (Wildman–Crippen MR) is 113 cm³/mol. The third-order valence-electron chi connectivity index (χ3n) is 2.88. The van der Waals surface area contributed by atoms with E-state index in [-0.39, 0.29) is 0 Å². The lowest BCUT2D eigenvalue weighted by Crippen LogP contribution is -2.16. The zero-order valence-electron chi connectivity index (χ0n) is 13.4. The minimum Gasteiger partial charge on any atom is -0.449 e. The fourth-order valence-corrected chi connectivity index (χ4v) is 2.78. The molecule has 1 rings (SSSR count). The third kappa shape index (κ3) is 10.2. The standard InChI is InChI=1S/C16H22I2N2O4/c17-8-1-3-10-23-15(21)19-13-6-5-7-14(12-13)20-16(22)24-11-4-2-9-18/h5-7,12H,1-4,8-11H2,(H,19,21)(H,20,22). The summed E-state index contributed by atoms with van der Waals surface area (Å²) in [7, 11) is 0. The van der Waals surface area contributed by atoms with Crippen LogP contribution in [0.3, 0.4) is 0 Å². The van der Waals surface area contributed by atoms with Gasteiger partial charge in [-0.25, -0.2) is 9.59 Å². The van der Waals surface area contributed by atoms with Crippen molar-refractivity contribution in [3.8, 4) is 0 Å². The third-order valence-corrected chi connectivity index (χ3v) is 4.40. The molecule has 0 unspecified atom stereocenters. The van der Waals surface area contributed by atoms with Crippen LogP contribution < -0.4 is 10.6 Å². The Kier molecular flexibility index (Phi) is 12.0. The number of amides is 2. The lowest BCUT2D eigenvalue weighted by atomic mass is 10.3. The minimum absolute atomic E-state index is 0.399. The van der Waals surface area contributed by atoms with Crippen LogP contribution in [0.1, 0.15) is 25.7 Å². The SMILES string of the molecule is O=C(Nc1cccc(NC(=O)OCCCCI)c1)OCCCCI. The van der Waals surface area contributed by atoms with Gasteiger partial charge in [0.05, 0.1) is 13.2 Å². The Morgan fingerprint density at radius 2 is 1.29 bits per heavy atom. The molecule has 0 fully saturated rings. The number of alkyl halides is 2. The first-order valence-electron chi connectivity index (χ1n) is 7.75. The first-order valence-corrected chi connectivity index (χ1v) is 10.8. The summed E-state index contributed by atoms with van der Waals surface area (Å²) in [4.78, 5) is 23.3. The van der Waals surface area contributed by atoms with Crippen molar-refractivity contribution in [1.29, 1.82) is 0 Å². The van der Waals surface area contributed by atoms with E-state index in [9.17, 15) is 9.59 Å². The smallest absolute Gasteiger partial charge is 0.411 e. The molecule has 0 atom stereocenters. The second-order valence-corrected chi connectivity index (χ2v) is 7.05. The number of ether oxygens (including phenoxy) is 2. The normalized spacial score (nSPS) is 10.1. The van der Waals surface area contributed by atoms with Crippen LogP contribution >= 0.6 is 45.2 Å². The van der Waals surface area contributed by atoms with Gasteiger partial charge in [0.2, 0.25) is 0 Å². The molecule has 1 aromatic carbocycles. The summed E-state index contributed by atoms with van der Waals surface area (Å²) >= 11 is 4.57. The van der Waals surface area contributed by atoms with Gasteiger partial charge in [-0.2, -0.15) is 0 Å². The number of halogens is 2. The van der Waals surface area contributed by atoms with E-state index in [4.69, 9.17) is 9.47 Å². The Labute approximate surface area is 169 Å². The molecule has 0 aliphatic heterocycles. The van der Waals surface area contributed by atoms with Crippen molar-refractivity contribution in [2.24, 2.45) is 0 Å². The molecule has 2 N–H and O–H groups in total. The number of carbonyl (C=O) groups is 2. The van der Waals surface area contributed by atoms with Crippen molar-refractivity contribution < 1.29 is 19.1 Å². The molecule has 6 nitrogen and oxygen atoms in total. The van der Waals surface area contributed by atoms with Gasteiger partial charge in [-0.1, -0.05) is 51.2 Å². The number of carbonyl (C=O) groups excluding carboxylic acids is 2. The molecule has 0 bridgehead atoms. The molecular formula is C16H22I2N2O4. The molecule has 0 aliphatic carbocycles. The average molecular weight is 560 g/mol. The van der Waals surface area contributed by atoms with E-state index in [1.54, 1.807) is 24.3 Å². The average Bonchev–Trinajstić information content (AvgIpc) is 2.56. The summed E-state index contributed by atoms with van der Waals surface area (Å²) in [6.45, 7) is 0.798. The number of unbranched alkanes of at least 4 members (excludes halogenated alkanes) is 2. The number of hydrogen-bond donors (Lipinski definition) is 2. The first kappa shape index (κ1) is 21.3. The molecular weight excluding hydrogens is 538 g/mol. The Morgan fingerprint density at radius 3 is 1.71 bits per heavy atom. The first-order chi connectivity index (χ1) is 11.7. The summed E-state index contributed by atoms with van der Waals surface area (Å²) in [6, 6.07) is 6.83. The van der Waals surface area contributed by atoms with Gasteiger partial charge in [-0.15, -0.1) is 0 Å². The van der Waals surface area contributed by atoms with Gasteiger partial charge in [0.1, 0.15) is 0 Å². The Morgan fingerprint density at radius 1 is 0.833 bits per heavy atom. The highest BCUT2D eigenvalue weighted by Gasteiger charge is 2.06. The lowest BCUT2D eigenvalue weighted by Gasteiger charge is -2.09. The zero-order chi connectivity index (χ0) is 17.6. The van der Waals surface area contributed by atoms with Crippen LogP contribution in [0.4, 0.5) is 21.0 Å². The maximum atomic E-state index is 11.7. The monoisotopic (exact) mass is 560 g/mol. The summed E-state index contributed by atoms with van der Waals surface area (Å²) in [6.07, 6.45) is 2.74. The van der Waals surface area contributed by atoms with Crippen LogP contribution in [-0.2, 0) is 9.47 Å². The number of anilines is 2. The summed E-state index contributed by atoms with van der Waals surface area (Å²) in [5.41, 5.74) is 1.10. The molecule has 0 radical (unpaired) electrons. The lowest BCUT2D eigenvalue weighted by molar-refractivity contribution is 0.159. The number of hydrogen-bond acceptors (Lipinski definition) is 4. The molecule has 0 heterocycles. The van der Waals surface area contributed by atoms with Crippen LogP contribution in [0.15, 0.2) is 24.3 Å². The van der Waals surface area contributed by atoms with E-state index in [0.717, 1.165) is 34.5 Å². The molecule has 134 valence electrons. The van der Waals surface area contributed by atoms with Crippen molar-refractivity contribution in [2.75, 3.05) is 32.7 Å². The molecule has 0 aromatic heterocycles. The van der Waals surface area contributed by atoms with Crippen LogP contribution in [0, 0.1) is 0 Å². The van der Waals surface area contributed by atoms with Crippen molar-refractivity contribution in [3.05, 3.63) is 24.3 Å². The van der Waals surface area contributed by atoms with Gasteiger partial charge >= 0.3 is 12.2 Å². The van der Waals surface area contributed by atoms with Gasteiger partial charge in [-0.05, 0) is 52.7 Å². The van der Waals surface area contributed by atoms with Gasteiger partial charge < -0.3 is 9.47 Å². The minimum atomic E-state index is -0.498. The van der Waals surface area contributed by atoms with Gasteiger partial charge in [0, 0.05) is 11.4 Å². The van der Waals surface area contributed by atoms with Crippen LogP contribution in [-0.4, -0.2) is 34.3 Å².